The Kier molecular flexibility index (Phi) is 6.45. The topological polar surface area (TPSA) is 104 Å². The number of amides is 2. The summed E-state index contributed by atoms with van der Waals surface area (Å²) in [6.07, 6.45) is 1.72. The van der Waals surface area contributed by atoms with Crippen LogP contribution >= 0.6 is 0 Å². The van der Waals surface area contributed by atoms with E-state index >= 15 is 0 Å². The number of nitrogens with zero attached hydrogens (tertiary/aromatic N) is 3. The normalized spacial score (nSPS) is 10.4. The number of aromatic nitrogens is 3. The molecule has 0 fully saturated rings. The molecule has 0 aliphatic carbocycles. The molecular formula is C25H25N7O. The van der Waals surface area contributed by atoms with Gasteiger partial charge in [0.25, 0.3) is 0 Å². The summed E-state index contributed by atoms with van der Waals surface area (Å²) in [6.45, 7) is 5.88. The molecule has 4 N–H and O–H groups in total. The van der Waals surface area contributed by atoms with E-state index in [1.165, 1.54) is 5.56 Å². The second-order valence-corrected chi connectivity index (χ2v) is 7.61. The Balaban J connectivity index is 1.38. The monoisotopic (exact) mass is 439 g/mol. The SMILES string of the molecule is Cc1nc(Nc2ccc(NC(=O)Nc3ccc(C)c(C)c3)cc2)cc(Nc2ccccn2)n1. The van der Waals surface area contributed by atoms with Crippen LogP contribution in [-0.4, -0.2) is 21.0 Å². The van der Waals surface area contributed by atoms with E-state index in [9.17, 15) is 4.79 Å². The van der Waals surface area contributed by atoms with Crippen molar-refractivity contribution in [2.45, 2.75) is 20.8 Å². The highest BCUT2D eigenvalue weighted by atomic mass is 16.2. The molecule has 2 aromatic carbocycles. The molecular weight excluding hydrogens is 414 g/mol. The third kappa shape index (κ3) is 6.04. The predicted molar refractivity (Wildman–Crippen MR) is 133 cm³/mol. The average molecular weight is 440 g/mol. The molecule has 8 heteroatoms. The lowest BCUT2D eigenvalue weighted by atomic mass is 10.1. The lowest BCUT2D eigenvalue weighted by molar-refractivity contribution is 0.262. The van der Waals surface area contributed by atoms with E-state index in [-0.39, 0.29) is 6.03 Å². The molecule has 2 amide bonds. The predicted octanol–water partition coefficient (Wildman–Crippen LogP) is 5.93. The molecule has 33 heavy (non-hydrogen) atoms. The first-order valence-electron chi connectivity index (χ1n) is 10.5. The molecule has 0 unspecified atom stereocenters. The van der Waals surface area contributed by atoms with Crippen LogP contribution in [0.5, 0.6) is 0 Å². The first kappa shape index (κ1) is 21.8. The van der Waals surface area contributed by atoms with Gasteiger partial charge in [-0.3, -0.25) is 0 Å². The van der Waals surface area contributed by atoms with E-state index in [2.05, 4.69) is 36.2 Å². The summed E-state index contributed by atoms with van der Waals surface area (Å²) in [6, 6.07) is 20.3. The van der Waals surface area contributed by atoms with Gasteiger partial charge in [0, 0.05) is 29.3 Å². The van der Waals surface area contributed by atoms with Crippen molar-refractivity contribution in [2.75, 3.05) is 21.3 Å². The quantitative estimate of drug-likeness (QED) is 0.297. The lowest BCUT2D eigenvalue weighted by Gasteiger charge is -2.11. The number of aryl methyl sites for hydroxylation is 3. The largest absolute Gasteiger partial charge is 0.340 e. The Labute approximate surface area is 192 Å². The fraction of sp³-hybridized carbons (Fsp3) is 0.120. The second kappa shape index (κ2) is 9.78. The molecule has 0 atom stereocenters. The molecule has 0 saturated heterocycles. The van der Waals surface area contributed by atoms with Crippen LogP contribution in [0.1, 0.15) is 17.0 Å². The maximum Gasteiger partial charge on any atom is 0.323 e. The summed E-state index contributed by atoms with van der Waals surface area (Å²) in [5.41, 5.74) is 4.57. The molecule has 0 saturated carbocycles. The number of pyridine rings is 1. The molecule has 4 aromatic rings. The number of urea groups is 1. The van der Waals surface area contributed by atoms with E-state index in [4.69, 9.17) is 0 Å². The van der Waals surface area contributed by atoms with Crippen LogP contribution < -0.4 is 21.3 Å². The maximum absolute atomic E-state index is 12.3. The first-order chi connectivity index (χ1) is 15.9. The summed E-state index contributed by atoms with van der Waals surface area (Å²) in [5, 5.41) is 12.1. The van der Waals surface area contributed by atoms with E-state index in [1.807, 2.05) is 87.5 Å². The Morgan fingerprint density at radius 1 is 0.667 bits per heavy atom. The van der Waals surface area contributed by atoms with Crippen LogP contribution in [0.2, 0.25) is 0 Å². The van der Waals surface area contributed by atoms with Gasteiger partial charge in [0.05, 0.1) is 0 Å². The highest BCUT2D eigenvalue weighted by Gasteiger charge is 2.06. The van der Waals surface area contributed by atoms with Crippen molar-refractivity contribution >= 4 is 40.5 Å². The summed E-state index contributed by atoms with van der Waals surface area (Å²) in [5.74, 6) is 2.62. The van der Waals surface area contributed by atoms with E-state index in [0.29, 0.717) is 29.0 Å². The number of hydrogen-bond donors (Lipinski definition) is 4. The number of carbonyl (C=O) groups excluding carboxylic acids is 1. The van der Waals surface area contributed by atoms with Gasteiger partial charge in [-0.05, 0) is 80.4 Å². The fourth-order valence-corrected chi connectivity index (χ4v) is 3.16. The number of benzene rings is 2. The minimum Gasteiger partial charge on any atom is -0.340 e. The number of carbonyl (C=O) groups is 1. The van der Waals surface area contributed by atoms with E-state index in [1.54, 1.807) is 6.20 Å². The molecule has 0 aliphatic heterocycles. The van der Waals surface area contributed by atoms with Crippen LogP contribution in [0.25, 0.3) is 0 Å². The van der Waals surface area contributed by atoms with Crippen molar-refractivity contribution in [3.8, 4) is 0 Å². The number of rotatable bonds is 6. The third-order valence-electron chi connectivity index (χ3n) is 4.94. The summed E-state index contributed by atoms with van der Waals surface area (Å²) >= 11 is 0. The first-order valence-corrected chi connectivity index (χ1v) is 10.5. The maximum atomic E-state index is 12.3. The highest BCUT2D eigenvalue weighted by Crippen LogP contribution is 2.21. The minimum atomic E-state index is -0.296. The van der Waals surface area contributed by atoms with E-state index in [0.717, 1.165) is 16.9 Å². The zero-order valence-corrected chi connectivity index (χ0v) is 18.7. The van der Waals surface area contributed by atoms with Crippen molar-refractivity contribution in [3.63, 3.8) is 0 Å². The number of anilines is 6. The standard InChI is InChI=1S/C25H25N7O/c1-16-7-8-21(14-17(16)2)31-25(33)30-20-11-9-19(10-12-20)29-23-15-24(28-18(3)27-23)32-22-6-4-5-13-26-22/h4-15H,1-3H3,(H2,30,31,33)(H2,26,27,28,29,32). The van der Waals surface area contributed by atoms with Gasteiger partial charge >= 0.3 is 6.03 Å². The number of hydrogen-bond acceptors (Lipinski definition) is 6. The van der Waals surface area contributed by atoms with Crippen LogP contribution in [-0.2, 0) is 0 Å². The zero-order chi connectivity index (χ0) is 23.2. The van der Waals surface area contributed by atoms with Gasteiger partial charge in [-0.15, -0.1) is 0 Å². The van der Waals surface area contributed by atoms with Crippen LogP contribution in [0.3, 0.4) is 0 Å². The Morgan fingerprint density at radius 2 is 1.33 bits per heavy atom. The van der Waals surface area contributed by atoms with Crippen molar-refractivity contribution in [1.29, 1.82) is 0 Å². The third-order valence-corrected chi connectivity index (χ3v) is 4.94. The summed E-state index contributed by atoms with van der Waals surface area (Å²) < 4.78 is 0. The molecule has 166 valence electrons. The van der Waals surface area contributed by atoms with E-state index < -0.39 is 0 Å². The summed E-state index contributed by atoms with van der Waals surface area (Å²) in [4.78, 5) is 25.4. The van der Waals surface area contributed by atoms with Gasteiger partial charge in [-0.2, -0.15) is 0 Å². The van der Waals surface area contributed by atoms with Crippen LogP contribution in [0.4, 0.5) is 39.3 Å². The fourth-order valence-electron chi connectivity index (χ4n) is 3.16. The van der Waals surface area contributed by atoms with Gasteiger partial charge in [0.1, 0.15) is 23.3 Å². The van der Waals surface area contributed by atoms with Gasteiger partial charge in [-0.1, -0.05) is 12.1 Å². The minimum absolute atomic E-state index is 0.296. The van der Waals surface area contributed by atoms with Crippen molar-refractivity contribution < 1.29 is 4.79 Å². The summed E-state index contributed by atoms with van der Waals surface area (Å²) in [7, 11) is 0. The van der Waals surface area contributed by atoms with Crippen molar-refractivity contribution in [1.82, 2.24) is 15.0 Å². The van der Waals surface area contributed by atoms with Gasteiger partial charge in [0.15, 0.2) is 0 Å². The average Bonchev–Trinajstić information content (AvgIpc) is 2.78. The molecule has 2 aromatic heterocycles. The van der Waals surface area contributed by atoms with Crippen LogP contribution in [0, 0.1) is 20.8 Å². The van der Waals surface area contributed by atoms with Gasteiger partial charge in [0.2, 0.25) is 0 Å². The smallest absolute Gasteiger partial charge is 0.323 e. The zero-order valence-electron chi connectivity index (χ0n) is 18.7. The molecule has 0 radical (unpaired) electrons. The lowest BCUT2D eigenvalue weighted by Crippen LogP contribution is -2.19. The molecule has 2 heterocycles. The molecule has 0 spiro atoms. The second-order valence-electron chi connectivity index (χ2n) is 7.61. The molecule has 4 rings (SSSR count). The van der Waals surface area contributed by atoms with Crippen molar-refractivity contribution in [2.24, 2.45) is 0 Å². The van der Waals surface area contributed by atoms with Gasteiger partial charge in [-0.25, -0.2) is 19.7 Å². The van der Waals surface area contributed by atoms with Crippen molar-refractivity contribution in [3.05, 3.63) is 89.9 Å². The van der Waals surface area contributed by atoms with Gasteiger partial charge < -0.3 is 21.3 Å². The van der Waals surface area contributed by atoms with Crippen LogP contribution in [0.15, 0.2) is 72.9 Å². The number of nitrogens with one attached hydrogen (secondary N) is 4. The Morgan fingerprint density at radius 3 is 2.03 bits per heavy atom. The molecule has 0 aliphatic rings. The Bertz CT molecular complexity index is 1260. The Hall–Kier alpha value is -4.46. The molecule has 0 bridgehead atoms. The molecule has 8 nitrogen and oxygen atoms in total. The highest BCUT2D eigenvalue weighted by molar-refractivity contribution is 5.99.